The summed E-state index contributed by atoms with van der Waals surface area (Å²) in [7, 11) is 0. The molecule has 5 atom stereocenters. The fourth-order valence-corrected chi connectivity index (χ4v) is 3.72. The van der Waals surface area contributed by atoms with E-state index in [1.807, 2.05) is 19.4 Å². The molecule has 11 nitrogen and oxygen atoms in total. The first kappa shape index (κ1) is 31.0. The van der Waals surface area contributed by atoms with Crippen LogP contribution in [0.2, 0.25) is 0 Å². The molecule has 0 radical (unpaired) electrons. The molecule has 0 aliphatic rings. The number of nitrogens with one attached hydrogen (secondary N) is 3. The first-order valence-electron chi connectivity index (χ1n) is 10.6. The maximum Gasteiger partial charge on any atom is 0.326 e. The van der Waals surface area contributed by atoms with Crippen molar-refractivity contribution in [3.05, 3.63) is 0 Å². The van der Waals surface area contributed by atoms with Crippen LogP contribution in [0.3, 0.4) is 0 Å². The third-order valence-electron chi connectivity index (χ3n) is 4.99. The van der Waals surface area contributed by atoms with Gasteiger partial charge in [0.15, 0.2) is 0 Å². The Kier molecular flexibility index (Phi) is 15.6. The van der Waals surface area contributed by atoms with Crippen LogP contribution in [0.5, 0.6) is 0 Å². The molecule has 190 valence electrons. The molecule has 0 heterocycles. The van der Waals surface area contributed by atoms with Gasteiger partial charge in [0.25, 0.3) is 0 Å². The average molecular weight is 509 g/mol. The van der Waals surface area contributed by atoms with Gasteiger partial charge in [-0.1, -0.05) is 20.3 Å². The van der Waals surface area contributed by atoms with Gasteiger partial charge in [-0.25, -0.2) is 4.79 Å². The van der Waals surface area contributed by atoms with Crippen LogP contribution in [0, 0.1) is 5.92 Å². The van der Waals surface area contributed by atoms with Crippen LogP contribution in [0.4, 0.5) is 0 Å². The standard InChI is InChI=1S/C20H36N4O7S2/c1-5-11(2)16(19(29)23-14(20(30)31)7-9-33-4)24-18(28)13(6-8-32-3)22-17(27)12(21)10-15(25)26/h11-14,16H,5-10,21H2,1-4H3,(H,22,27)(H,23,29)(H,24,28)(H,25,26)(H,30,31). The molecule has 0 aliphatic heterocycles. The lowest BCUT2D eigenvalue weighted by molar-refractivity contribution is -0.142. The molecule has 0 saturated heterocycles. The van der Waals surface area contributed by atoms with Gasteiger partial charge in [0.2, 0.25) is 17.7 Å². The second kappa shape index (κ2) is 16.6. The molecule has 0 fully saturated rings. The van der Waals surface area contributed by atoms with E-state index >= 15 is 0 Å². The summed E-state index contributed by atoms with van der Waals surface area (Å²) in [5, 5.41) is 25.8. The Morgan fingerprint density at radius 2 is 1.36 bits per heavy atom. The summed E-state index contributed by atoms with van der Waals surface area (Å²) in [6.07, 6.45) is 4.06. The predicted octanol–water partition coefficient (Wildman–Crippen LogP) is -0.120. The van der Waals surface area contributed by atoms with Gasteiger partial charge < -0.3 is 31.9 Å². The van der Waals surface area contributed by atoms with Crippen molar-refractivity contribution in [2.75, 3.05) is 24.0 Å². The molecule has 33 heavy (non-hydrogen) atoms. The molecular weight excluding hydrogens is 472 g/mol. The second-order valence-corrected chi connectivity index (χ2v) is 9.57. The highest BCUT2D eigenvalue weighted by molar-refractivity contribution is 7.98. The van der Waals surface area contributed by atoms with E-state index < -0.39 is 60.2 Å². The van der Waals surface area contributed by atoms with Crippen LogP contribution in [-0.2, 0) is 24.0 Å². The lowest BCUT2D eigenvalue weighted by Crippen LogP contribution is -2.58. The molecule has 0 aromatic rings. The van der Waals surface area contributed by atoms with Crippen LogP contribution in [0.25, 0.3) is 0 Å². The molecular formula is C20H36N4O7S2. The Morgan fingerprint density at radius 3 is 1.82 bits per heavy atom. The number of carboxylic acids is 2. The minimum atomic E-state index is -1.33. The van der Waals surface area contributed by atoms with Crippen LogP contribution in [-0.4, -0.2) is 88.1 Å². The average Bonchev–Trinajstić information content (AvgIpc) is 2.75. The summed E-state index contributed by atoms with van der Waals surface area (Å²) in [5.41, 5.74) is 5.59. The number of hydrogen-bond donors (Lipinski definition) is 6. The number of amides is 3. The SMILES string of the molecule is CCC(C)C(NC(=O)C(CCSC)NC(=O)C(N)CC(=O)O)C(=O)NC(CCSC)C(=O)O. The lowest BCUT2D eigenvalue weighted by Gasteiger charge is -2.28. The van der Waals surface area contributed by atoms with Gasteiger partial charge in [-0.2, -0.15) is 23.5 Å². The van der Waals surface area contributed by atoms with Crippen LogP contribution in [0.15, 0.2) is 0 Å². The maximum absolute atomic E-state index is 13.0. The van der Waals surface area contributed by atoms with Crippen molar-refractivity contribution in [1.29, 1.82) is 0 Å². The van der Waals surface area contributed by atoms with E-state index in [1.165, 1.54) is 23.5 Å². The van der Waals surface area contributed by atoms with Gasteiger partial charge in [0.05, 0.1) is 12.5 Å². The first-order chi connectivity index (χ1) is 15.5. The highest BCUT2D eigenvalue weighted by Crippen LogP contribution is 2.11. The molecule has 0 rings (SSSR count). The van der Waals surface area contributed by atoms with Crippen molar-refractivity contribution in [1.82, 2.24) is 16.0 Å². The first-order valence-corrected chi connectivity index (χ1v) is 13.4. The molecule has 13 heteroatoms. The third-order valence-corrected chi connectivity index (χ3v) is 6.28. The second-order valence-electron chi connectivity index (χ2n) is 7.60. The smallest absolute Gasteiger partial charge is 0.326 e. The van der Waals surface area contributed by atoms with Crippen molar-refractivity contribution < 1.29 is 34.2 Å². The van der Waals surface area contributed by atoms with Gasteiger partial charge in [0, 0.05) is 0 Å². The Bertz CT molecular complexity index is 681. The van der Waals surface area contributed by atoms with Crippen LogP contribution < -0.4 is 21.7 Å². The van der Waals surface area contributed by atoms with Crippen LogP contribution >= 0.6 is 23.5 Å². The van der Waals surface area contributed by atoms with Gasteiger partial charge in [-0.15, -0.1) is 0 Å². The molecule has 0 saturated carbocycles. The highest BCUT2D eigenvalue weighted by Gasteiger charge is 2.32. The Morgan fingerprint density at radius 1 is 0.848 bits per heavy atom. The van der Waals surface area contributed by atoms with E-state index in [-0.39, 0.29) is 18.8 Å². The lowest BCUT2D eigenvalue weighted by atomic mass is 9.97. The van der Waals surface area contributed by atoms with E-state index in [9.17, 15) is 29.1 Å². The van der Waals surface area contributed by atoms with Crippen molar-refractivity contribution in [2.24, 2.45) is 11.7 Å². The number of rotatable bonds is 17. The predicted molar refractivity (Wildman–Crippen MR) is 129 cm³/mol. The fraction of sp³-hybridized carbons (Fsp3) is 0.750. The number of carbonyl (C=O) groups excluding carboxylic acids is 3. The van der Waals surface area contributed by atoms with E-state index in [2.05, 4.69) is 16.0 Å². The zero-order valence-corrected chi connectivity index (χ0v) is 21.1. The number of nitrogens with two attached hydrogens (primary N) is 1. The van der Waals surface area contributed by atoms with Crippen molar-refractivity contribution >= 4 is 53.2 Å². The summed E-state index contributed by atoms with van der Waals surface area (Å²) in [6, 6.07) is -4.46. The minimum Gasteiger partial charge on any atom is -0.481 e. The molecule has 0 bridgehead atoms. The van der Waals surface area contributed by atoms with E-state index in [0.29, 0.717) is 17.9 Å². The monoisotopic (exact) mass is 508 g/mol. The maximum atomic E-state index is 13.0. The van der Waals surface area contributed by atoms with Crippen molar-refractivity contribution in [2.45, 2.75) is 63.7 Å². The number of aliphatic carboxylic acids is 2. The number of carbonyl (C=O) groups is 5. The van der Waals surface area contributed by atoms with Gasteiger partial charge >= 0.3 is 11.9 Å². The van der Waals surface area contributed by atoms with E-state index in [0.717, 1.165) is 0 Å². The topological polar surface area (TPSA) is 188 Å². The normalized spacial score (nSPS) is 15.4. The van der Waals surface area contributed by atoms with Crippen LogP contribution in [0.1, 0.15) is 39.5 Å². The summed E-state index contributed by atoms with van der Waals surface area (Å²) >= 11 is 2.90. The number of thioether (sulfide) groups is 2. The molecule has 0 aromatic carbocycles. The summed E-state index contributed by atoms with van der Waals surface area (Å²) in [4.78, 5) is 60.4. The Labute approximate surface area is 202 Å². The Hall–Kier alpha value is -1.99. The fourth-order valence-electron chi connectivity index (χ4n) is 2.77. The molecule has 0 aromatic heterocycles. The zero-order chi connectivity index (χ0) is 25.6. The zero-order valence-electron chi connectivity index (χ0n) is 19.5. The summed E-state index contributed by atoms with van der Waals surface area (Å²) < 4.78 is 0. The summed E-state index contributed by atoms with van der Waals surface area (Å²) in [6.45, 7) is 3.58. The molecule has 5 unspecified atom stereocenters. The van der Waals surface area contributed by atoms with Crippen molar-refractivity contribution in [3.63, 3.8) is 0 Å². The van der Waals surface area contributed by atoms with E-state index in [1.54, 1.807) is 6.92 Å². The van der Waals surface area contributed by atoms with Gasteiger partial charge in [0.1, 0.15) is 18.1 Å². The number of carboxylic acid groups (broad SMARTS) is 2. The molecule has 3 amide bonds. The Balaban J connectivity index is 5.48. The van der Waals surface area contributed by atoms with Gasteiger partial charge in [-0.3, -0.25) is 19.2 Å². The minimum absolute atomic E-state index is 0.233. The summed E-state index contributed by atoms with van der Waals surface area (Å²) in [5.74, 6) is -3.70. The molecule has 7 N–H and O–H groups in total. The largest absolute Gasteiger partial charge is 0.481 e. The van der Waals surface area contributed by atoms with Crippen molar-refractivity contribution in [3.8, 4) is 0 Å². The number of hydrogen-bond acceptors (Lipinski definition) is 8. The van der Waals surface area contributed by atoms with Gasteiger partial charge in [-0.05, 0) is 42.8 Å². The quantitative estimate of drug-likeness (QED) is 0.154. The highest BCUT2D eigenvalue weighted by atomic mass is 32.2. The third kappa shape index (κ3) is 12.2. The molecule has 0 aliphatic carbocycles. The van der Waals surface area contributed by atoms with E-state index in [4.69, 9.17) is 10.8 Å². The molecule has 0 spiro atoms.